The minimum Gasteiger partial charge on any atom is -0.368 e. The van der Waals surface area contributed by atoms with E-state index in [0.717, 1.165) is 0 Å². The topological polar surface area (TPSA) is 58.6 Å². The highest BCUT2D eigenvalue weighted by Crippen LogP contribution is 2.30. The first kappa shape index (κ1) is 9.48. The van der Waals surface area contributed by atoms with E-state index in [0.29, 0.717) is 0 Å². The summed E-state index contributed by atoms with van der Waals surface area (Å²) in [7, 11) is 1.56. The first-order valence-corrected chi connectivity index (χ1v) is 4.13. The van der Waals surface area contributed by atoms with Gasteiger partial charge in [0, 0.05) is 13.0 Å². The van der Waals surface area contributed by atoms with Crippen LogP contribution >= 0.6 is 0 Å². The van der Waals surface area contributed by atoms with Crippen molar-refractivity contribution in [2.75, 3.05) is 7.05 Å². The van der Waals surface area contributed by atoms with Gasteiger partial charge in [-0.15, -0.1) is 0 Å². The van der Waals surface area contributed by atoms with Crippen LogP contribution < -0.4 is 5.32 Å². The van der Waals surface area contributed by atoms with Crippen molar-refractivity contribution in [2.45, 2.75) is 26.2 Å². The van der Waals surface area contributed by atoms with Crippen molar-refractivity contribution in [1.29, 1.82) is 0 Å². The summed E-state index contributed by atoms with van der Waals surface area (Å²) in [5, 5.41) is 11.8. The first-order valence-electron chi connectivity index (χ1n) is 4.13. The molecule has 70 valence electrons. The highest BCUT2D eigenvalue weighted by Gasteiger charge is 2.41. The molecule has 1 amide bonds. The highest BCUT2D eigenvalue weighted by molar-refractivity contribution is 5.81. The van der Waals surface area contributed by atoms with E-state index in [2.05, 4.69) is 5.32 Å². The quantitative estimate of drug-likeness (QED) is 0.573. The molecule has 0 aromatic rings. The highest BCUT2D eigenvalue weighted by atomic mass is 16.6. The Balaban J connectivity index is 2.64. The molecule has 0 aromatic heterocycles. The maximum atomic E-state index is 11.2. The standard InChI is InChI=1S/C8H15NO3/c1-4-5(2)8(11)12-6(4)7(10)9-3/h4-6,8,11H,1-3H3,(H,9,10)/t4-,5+,6-,8?/m0/s1. The van der Waals surface area contributed by atoms with Crippen LogP contribution in [0.5, 0.6) is 0 Å². The summed E-state index contributed by atoms with van der Waals surface area (Å²) in [4.78, 5) is 11.2. The number of carbonyl (C=O) groups is 1. The number of amides is 1. The van der Waals surface area contributed by atoms with Crippen LogP contribution in [0.25, 0.3) is 0 Å². The average Bonchev–Trinajstić information content (AvgIpc) is 2.32. The zero-order valence-electron chi connectivity index (χ0n) is 7.57. The number of aliphatic hydroxyl groups excluding tert-OH is 1. The van der Waals surface area contributed by atoms with Crippen molar-refractivity contribution >= 4 is 5.91 Å². The van der Waals surface area contributed by atoms with Gasteiger partial charge in [-0.25, -0.2) is 0 Å². The molecule has 2 N–H and O–H groups in total. The van der Waals surface area contributed by atoms with Crippen LogP contribution in [0.2, 0.25) is 0 Å². The summed E-state index contributed by atoms with van der Waals surface area (Å²) in [6.45, 7) is 3.78. The van der Waals surface area contributed by atoms with Gasteiger partial charge in [0.05, 0.1) is 0 Å². The molecule has 12 heavy (non-hydrogen) atoms. The number of hydrogen-bond acceptors (Lipinski definition) is 3. The zero-order valence-corrected chi connectivity index (χ0v) is 7.57. The van der Waals surface area contributed by atoms with Gasteiger partial charge in [-0.05, 0) is 5.92 Å². The number of rotatable bonds is 1. The van der Waals surface area contributed by atoms with E-state index in [9.17, 15) is 9.90 Å². The third-order valence-electron chi connectivity index (χ3n) is 2.55. The molecule has 1 heterocycles. The Labute approximate surface area is 71.9 Å². The lowest BCUT2D eigenvalue weighted by atomic mass is 9.93. The Bertz CT molecular complexity index is 183. The molecule has 0 saturated carbocycles. The van der Waals surface area contributed by atoms with E-state index in [4.69, 9.17) is 4.74 Å². The Hall–Kier alpha value is -0.610. The van der Waals surface area contributed by atoms with E-state index in [1.54, 1.807) is 7.05 Å². The second kappa shape index (κ2) is 3.41. The minimum atomic E-state index is -0.803. The Morgan fingerprint density at radius 2 is 2.00 bits per heavy atom. The molecule has 4 atom stereocenters. The van der Waals surface area contributed by atoms with E-state index >= 15 is 0 Å². The largest absolute Gasteiger partial charge is 0.368 e. The molecular formula is C8H15NO3. The lowest BCUT2D eigenvalue weighted by Crippen LogP contribution is -2.35. The van der Waals surface area contributed by atoms with Gasteiger partial charge in [-0.2, -0.15) is 0 Å². The van der Waals surface area contributed by atoms with Gasteiger partial charge >= 0.3 is 0 Å². The molecule has 0 spiro atoms. The SMILES string of the molecule is CNC(=O)[C@H]1OC(O)[C@H](C)[C@@H]1C. The van der Waals surface area contributed by atoms with Crippen LogP contribution in [0.3, 0.4) is 0 Å². The van der Waals surface area contributed by atoms with Crippen molar-refractivity contribution in [3.8, 4) is 0 Å². The third-order valence-corrected chi connectivity index (χ3v) is 2.55. The van der Waals surface area contributed by atoms with Crippen LogP contribution in [0.15, 0.2) is 0 Å². The van der Waals surface area contributed by atoms with Crippen molar-refractivity contribution in [3.05, 3.63) is 0 Å². The van der Waals surface area contributed by atoms with Gasteiger partial charge in [0.1, 0.15) is 6.10 Å². The van der Waals surface area contributed by atoms with Gasteiger partial charge in [-0.1, -0.05) is 13.8 Å². The number of likely N-dealkylation sites (N-methyl/N-ethyl adjacent to an activating group) is 1. The van der Waals surface area contributed by atoms with Gasteiger partial charge in [0.15, 0.2) is 6.29 Å². The zero-order chi connectivity index (χ0) is 9.30. The second-order valence-electron chi connectivity index (χ2n) is 3.28. The lowest BCUT2D eigenvalue weighted by molar-refractivity contribution is -0.145. The molecule has 1 aliphatic heterocycles. The van der Waals surface area contributed by atoms with Crippen LogP contribution in [-0.4, -0.2) is 30.5 Å². The number of carbonyl (C=O) groups excluding carboxylic acids is 1. The predicted octanol–water partition coefficient (Wildman–Crippen LogP) is -0.278. The fourth-order valence-electron chi connectivity index (χ4n) is 1.38. The first-order chi connectivity index (χ1) is 5.57. The van der Waals surface area contributed by atoms with Gasteiger partial charge in [0.25, 0.3) is 0 Å². The maximum Gasteiger partial charge on any atom is 0.249 e. The number of ether oxygens (including phenoxy) is 1. The average molecular weight is 173 g/mol. The number of hydrogen-bond donors (Lipinski definition) is 2. The summed E-state index contributed by atoms with van der Waals surface area (Å²) < 4.78 is 5.08. The summed E-state index contributed by atoms with van der Waals surface area (Å²) in [5.74, 6) is -0.0712. The van der Waals surface area contributed by atoms with E-state index in [1.807, 2.05) is 13.8 Å². The molecule has 1 fully saturated rings. The van der Waals surface area contributed by atoms with Gasteiger partial charge in [-0.3, -0.25) is 4.79 Å². The minimum absolute atomic E-state index is 0.0206. The monoisotopic (exact) mass is 173 g/mol. The predicted molar refractivity (Wildman–Crippen MR) is 43.3 cm³/mol. The molecule has 1 saturated heterocycles. The van der Waals surface area contributed by atoms with Crippen molar-refractivity contribution in [2.24, 2.45) is 11.8 Å². The molecule has 4 heteroatoms. The fourth-order valence-corrected chi connectivity index (χ4v) is 1.38. The molecule has 1 unspecified atom stereocenters. The molecule has 4 nitrogen and oxygen atoms in total. The number of nitrogens with one attached hydrogen (secondary N) is 1. The van der Waals surface area contributed by atoms with E-state index in [1.165, 1.54) is 0 Å². The lowest BCUT2D eigenvalue weighted by Gasteiger charge is -2.13. The fraction of sp³-hybridized carbons (Fsp3) is 0.875. The molecule has 1 aliphatic rings. The van der Waals surface area contributed by atoms with Crippen LogP contribution in [-0.2, 0) is 9.53 Å². The summed E-state index contributed by atoms with van der Waals surface area (Å²) in [5.41, 5.74) is 0. The second-order valence-corrected chi connectivity index (χ2v) is 3.28. The van der Waals surface area contributed by atoms with Crippen molar-refractivity contribution < 1.29 is 14.6 Å². The molecular weight excluding hydrogens is 158 g/mol. The number of aliphatic hydroxyl groups is 1. The normalized spacial score (nSPS) is 41.3. The van der Waals surface area contributed by atoms with Crippen LogP contribution in [0, 0.1) is 11.8 Å². The van der Waals surface area contributed by atoms with E-state index < -0.39 is 12.4 Å². The Kier molecular flexibility index (Phi) is 2.69. The van der Waals surface area contributed by atoms with Gasteiger partial charge < -0.3 is 15.2 Å². The molecule has 0 radical (unpaired) electrons. The molecule has 0 aliphatic carbocycles. The Morgan fingerprint density at radius 3 is 2.33 bits per heavy atom. The smallest absolute Gasteiger partial charge is 0.249 e. The van der Waals surface area contributed by atoms with Crippen molar-refractivity contribution in [1.82, 2.24) is 5.32 Å². The Morgan fingerprint density at radius 1 is 1.42 bits per heavy atom. The van der Waals surface area contributed by atoms with Crippen LogP contribution in [0.1, 0.15) is 13.8 Å². The van der Waals surface area contributed by atoms with Gasteiger partial charge in [0.2, 0.25) is 5.91 Å². The maximum absolute atomic E-state index is 11.2. The van der Waals surface area contributed by atoms with Crippen LogP contribution in [0.4, 0.5) is 0 Å². The van der Waals surface area contributed by atoms with E-state index in [-0.39, 0.29) is 17.7 Å². The summed E-state index contributed by atoms with van der Waals surface area (Å²) in [6, 6.07) is 0. The molecule has 0 bridgehead atoms. The summed E-state index contributed by atoms with van der Waals surface area (Å²) >= 11 is 0. The third kappa shape index (κ3) is 1.44. The summed E-state index contributed by atoms with van der Waals surface area (Å²) in [6.07, 6.45) is -1.30. The van der Waals surface area contributed by atoms with Crippen molar-refractivity contribution in [3.63, 3.8) is 0 Å². The molecule has 1 rings (SSSR count). The molecule has 0 aromatic carbocycles.